The van der Waals surface area contributed by atoms with E-state index in [0.29, 0.717) is 49.4 Å². The Morgan fingerprint density at radius 3 is 2.58 bits per heavy atom. The molecule has 3 amide bonds. The van der Waals surface area contributed by atoms with Gasteiger partial charge in [0, 0.05) is 81.8 Å². The molecule has 4 aromatic rings. The predicted octanol–water partition coefficient (Wildman–Crippen LogP) is 6.57. The van der Waals surface area contributed by atoms with Crippen LogP contribution >= 0.6 is 0 Å². The normalized spacial score (nSPS) is 20.3. The first-order chi connectivity index (χ1) is 31.1. The maximum absolute atomic E-state index is 14.4. The van der Waals surface area contributed by atoms with E-state index < -0.39 is 17.5 Å². The Morgan fingerprint density at radius 1 is 1.11 bits per heavy atom. The molecule has 0 bridgehead atoms. The summed E-state index contributed by atoms with van der Waals surface area (Å²) >= 11 is 0. The lowest BCUT2D eigenvalue weighted by molar-refractivity contribution is -0.144. The van der Waals surface area contributed by atoms with E-state index >= 15 is 0 Å². The van der Waals surface area contributed by atoms with Gasteiger partial charge in [0.25, 0.3) is 5.91 Å². The van der Waals surface area contributed by atoms with Gasteiger partial charge < -0.3 is 34.7 Å². The number of methoxy groups -OCH3 is 1. The van der Waals surface area contributed by atoms with Crippen LogP contribution in [-0.2, 0) is 48.0 Å². The zero-order chi connectivity index (χ0) is 46.6. The smallest absolute Gasteiger partial charge is 0.302 e. The molecule has 3 aliphatic rings. The second-order valence-corrected chi connectivity index (χ2v) is 19.6. The number of fused-ring (bicyclic) bond motifs is 1. The quantitative estimate of drug-likeness (QED) is 0.0598. The third-order valence-electron chi connectivity index (χ3n) is 14.1. The van der Waals surface area contributed by atoms with Gasteiger partial charge in [-0.1, -0.05) is 32.9 Å². The minimum Gasteiger partial charge on any atom is -0.508 e. The summed E-state index contributed by atoms with van der Waals surface area (Å²) in [7, 11) is 3.31. The maximum atomic E-state index is 14.4. The zero-order valence-electron chi connectivity index (χ0n) is 39.5. The summed E-state index contributed by atoms with van der Waals surface area (Å²) in [5.41, 5.74) is 10.2. The van der Waals surface area contributed by atoms with Crippen LogP contribution < -0.4 is 16.1 Å². The summed E-state index contributed by atoms with van der Waals surface area (Å²) in [4.78, 5) is 59.2. The molecule has 65 heavy (non-hydrogen) atoms. The van der Waals surface area contributed by atoms with Crippen molar-refractivity contribution in [1.29, 1.82) is 0 Å². The predicted molar refractivity (Wildman–Crippen MR) is 251 cm³/mol. The largest absolute Gasteiger partial charge is 0.508 e. The van der Waals surface area contributed by atoms with Crippen LogP contribution in [0.15, 0.2) is 54.7 Å². The molecule has 1 saturated carbocycles. The van der Waals surface area contributed by atoms with E-state index in [4.69, 9.17) is 14.5 Å². The minimum atomic E-state index is -0.971. The highest BCUT2D eigenvalue weighted by atomic mass is 16.5. The molecule has 2 aliphatic heterocycles. The average molecular weight is 892 g/mol. The number of pyridine rings is 1. The number of hydrogen-bond donors (Lipinski definition) is 4. The number of carbonyl (C=O) groups excluding carboxylic acids is 4. The topological polar surface area (TPSA) is 167 Å². The number of aromatic hydroxyl groups is 1. The van der Waals surface area contributed by atoms with E-state index in [1.807, 2.05) is 32.0 Å². The number of aromatic nitrogens is 2. The Morgan fingerprint density at radius 2 is 1.91 bits per heavy atom. The number of amides is 3. The number of nitrogens with zero attached hydrogens (tertiary/aromatic N) is 4. The number of nitrogens with one attached hydrogen (secondary N) is 3. The van der Waals surface area contributed by atoms with E-state index in [1.54, 1.807) is 37.5 Å². The number of hydrazine groups is 1. The van der Waals surface area contributed by atoms with Gasteiger partial charge in [0.05, 0.1) is 24.1 Å². The first kappa shape index (κ1) is 47.6. The standard InChI is InChI=1S/C51H69N7O7/c1-9-57-44-15-14-36(26-41(44)42(28-50(5,6)30-65-34(4)60)47(57)40-13-12-17-53-45(40)33(3)64-8)37-22-35(23-39(61)25-37)24-43(49(63)58-20-11-10-18-54-58)55-48(62)46(56(7)31-59)32(2)21-38-27-51(38)16-19-52-29-51/h12-15,17,22-23,25-26,31-33,38,43,46,52,54,61H,9-11,16,18-21,24,27-30H2,1-8H3,(H,55,62)/t32?,33-,38?,43-,46-,51?/m0/s1. The summed E-state index contributed by atoms with van der Waals surface area (Å²) in [5, 5.41) is 20.5. The molecule has 3 unspecified atom stereocenters. The fraction of sp³-hybridized carbons (Fsp3) is 0.549. The zero-order valence-corrected chi connectivity index (χ0v) is 39.5. The summed E-state index contributed by atoms with van der Waals surface area (Å²) in [5.74, 6) is -0.581. The van der Waals surface area contributed by atoms with Gasteiger partial charge in [-0.05, 0) is 135 Å². The number of carbonyl (C=O) groups is 4. The molecule has 350 valence electrons. The van der Waals surface area contributed by atoms with Crippen molar-refractivity contribution >= 4 is 35.1 Å². The Hall–Kier alpha value is -5.31. The van der Waals surface area contributed by atoms with E-state index in [1.165, 1.54) is 11.8 Å². The fourth-order valence-corrected chi connectivity index (χ4v) is 10.6. The molecule has 0 radical (unpaired) electrons. The highest BCUT2D eigenvalue weighted by Gasteiger charge is 2.55. The summed E-state index contributed by atoms with van der Waals surface area (Å²) < 4.78 is 13.7. The van der Waals surface area contributed by atoms with E-state index in [2.05, 4.69) is 59.6 Å². The van der Waals surface area contributed by atoms with Gasteiger partial charge in [0.1, 0.15) is 17.8 Å². The number of benzene rings is 2. The van der Waals surface area contributed by atoms with E-state index in [0.717, 1.165) is 89.7 Å². The third kappa shape index (κ3) is 10.6. The van der Waals surface area contributed by atoms with E-state index in [-0.39, 0.29) is 48.6 Å². The van der Waals surface area contributed by atoms with Crippen LogP contribution in [0.4, 0.5) is 0 Å². The number of phenols is 1. The summed E-state index contributed by atoms with van der Waals surface area (Å²) in [6.07, 6.45) is 7.74. The molecule has 14 nitrogen and oxygen atoms in total. The first-order valence-electron chi connectivity index (χ1n) is 23.4. The second-order valence-electron chi connectivity index (χ2n) is 19.6. The number of likely N-dealkylation sites (N-methyl/N-ethyl adjacent to an activating group) is 1. The number of aryl methyl sites for hydroxylation is 1. The molecular weight excluding hydrogens is 823 g/mol. The molecule has 4 N–H and O–H groups in total. The monoisotopic (exact) mass is 892 g/mol. The molecule has 2 aromatic heterocycles. The molecule has 2 aromatic carbocycles. The molecule has 2 saturated heterocycles. The summed E-state index contributed by atoms with van der Waals surface area (Å²) in [6, 6.07) is 13.9. The number of phenolic OH excluding ortho intramolecular Hbond substituents is 1. The van der Waals surface area contributed by atoms with Crippen molar-refractivity contribution in [3.8, 4) is 28.1 Å². The molecule has 7 rings (SSSR count). The number of hydrogen-bond acceptors (Lipinski definition) is 10. The lowest BCUT2D eigenvalue weighted by Crippen LogP contribution is -2.59. The highest BCUT2D eigenvalue weighted by molar-refractivity contribution is 5.95. The number of rotatable bonds is 19. The highest BCUT2D eigenvalue weighted by Crippen LogP contribution is 2.59. The van der Waals surface area contributed by atoms with Crippen molar-refractivity contribution in [3.63, 3.8) is 0 Å². The van der Waals surface area contributed by atoms with Crippen LogP contribution in [0.3, 0.4) is 0 Å². The third-order valence-corrected chi connectivity index (χ3v) is 14.1. The molecule has 3 fully saturated rings. The molecule has 1 spiro atoms. The summed E-state index contributed by atoms with van der Waals surface area (Å²) in [6.45, 7) is 15.8. The van der Waals surface area contributed by atoms with Crippen LogP contribution in [0.1, 0.15) is 96.6 Å². The fourth-order valence-electron chi connectivity index (χ4n) is 10.6. The lowest BCUT2D eigenvalue weighted by Gasteiger charge is -2.34. The van der Waals surface area contributed by atoms with Gasteiger partial charge in [-0.3, -0.25) is 29.2 Å². The van der Waals surface area contributed by atoms with Crippen molar-refractivity contribution in [3.05, 3.63) is 71.5 Å². The van der Waals surface area contributed by atoms with Crippen LogP contribution in [0, 0.1) is 22.7 Å². The Bertz CT molecular complexity index is 2370. The Balaban J connectivity index is 1.25. The number of ether oxygens (including phenoxy) is 2. The Kier molecular flexibility index (Phi) is 14.7. The van der Waals surface area contributed by atoms with Crippen molar-refractivity contribution in [1.82, 2.24) is 35.5 Å². The van der Waals surface area contributed by atoms with Crippen molar-refractivity contribution < 1.29 is 33.8 Å². The minimum absolute atomic E-state index is 0.0290. The van der Waals surface area contributed by atoms with Crippen molar-refractivity contribution in [2.45, 2.75) is 111 Å². The lowest BCUT2D eigenvalue weighted by atomic mass is 9.84. The van der Waals surface area contributed by atoms with Crippen LogP contribution in [-0.4, -0.2) is 108 Å². The molecule has 6 atom stereocenters. The molecule has 4 heterocycles. The maximum Gasteiger partial charge on any atom is 0.302 e. The van der Waals surface area contributed by atoms with Gasteiger partial charge in [-0.2, -0.15) is 0 Å². The van der Waals surface area contributed by atoms with E-state index in [9.17, 15) is 24.3 Å². The second kappa shape index (κ2) is 20.1. The van der Waals surface area contributed by atoms with Gasteiger partial charge in [-0.25, -0.2) is 5.43 Å². The Labute approximate surface area is 383 Å². The van der Waals surface area contributed by atoms with Crippen LogP contribution in [0.25, 0.3) is 33.3 Å². The van der Waals surface area contributed by atoms with Crippen molar-refractivity contribution in [2.24, 2.45) is 22.7 Å². The van der Waals surface area contributed by atoms with Gasteiger partial charge in [0.15, 0.2) is 0 Å². The van der Waals surface area contributed by atoms with Gasteiger partial charge >= 0.3 is 5.97 Å². The molecule has 14 heteroatoms. The van der Waals surface area contributed by atoms with Crippen LogP contribution in [0.5, 0.6) is 5.75 Å². The van der Waals surface area contributed by atoms with Gasteiger partial charge in [-0.15, -0.1) is 0 Å². The van der Waals surface area contributed by atoms with Gasteiger partial charge in [0.2, 0.25) is 12.3 Å². The van der Waals surface area contributed by atoms with Crippen molar-refractivity contribution in [2.75, 3.05) is 46.9 Å². The average Bonchev–Trinajstić information content (AvgIpc) is 3.57. The number of esters is 1. The van der Waals surface area contributed by atoms with Crippen LogP contribution in [0.2, 0.25) is 0 Å². The SMILES string of the molecule is CCn1c(-c2cccnc2[C@H](C)OC)c(CC(C)(C)COC(C)=O)c2cc(-c3cc(O)cc(C[C@H](NC(=O)[C@H](C(C)CC4CC45CCNC5)N(C)C=O)C(=O)N4CCCCN4)c3)ccc21. The first-order valence-corrected chi connectivity index (χ1v) is 23.4. The molecule has 1 aliphatic carbocycles. The molecular formula is C51H69N7O7.